The second-order valence-electron chi connectivity index (χ2n) is 5.66. The molecule has 0 aliphatic carbocycles. The third kappa shape index (κ3) is 3.96. The summed E-state index contributed by atoms with van der Waals surface area (Å²) in [5.41, 5.74) is -5.69. The van der Waals surface area contributed by atoms with Gasteiger partial charge in [0.1, 0.15) is 0 Å². The number of sulfonamides is 1. The van der Waals surface area contributed by atoms with E-state index in [4.69, 9.17) is 0 Å². The SMILES string of the molecule is Cc1cc(C(=O)C(C)(C)C)ccc1NS(=O)(=O)C(F)(F)F. The number of carbonyl (C=O) groups is 1. The van der Waals surface area contributed by atoms with Crippen molar-refractivity contribution in [2.24, 2.45) is 5.41 Å². The number of anilines is 1. The minimum Gasteiger partial charge on any atom is -0.294 e. The fraction of sp³-hybridized carbons (Fsp3) is 0.462. The lowest BCUT2D eigenvalue weighted by molar-refractivity contribution is -0.0429. The van der Waals surface area contributed by atoms with Gasteiger partial charge in [0.25, 0.3) is 0 Å². The van der Waals surface area contributed by atoms with Gasteiger partial charge in [-0.3, -0.25) is 9.52 Å². The lowest BCUT2D eigenvalue weighted by Crippen LogP contribution is -2.30. The smallest absolute Gasteiger partial charge is 0.294 e. The molecule has 0 aliphatic heterocycles. The molecule has 0 saturated carbocycles. The monoisotopic (exact) mass is 323 g/mol. The third-order valence-electron chi connectivity index (χ3n) is 2.72. The van der Waals surface area contributed by atoms with Gasteiger partial charge in [0.05, 0.1) is 5.69 Å². The van der Waals surface area contributed by atoms with Gasteiger partial charge in [0.15, 0.2) is 5.78 Å². The second-order valence-corrected chi connectivity index (χ2v) is 7.33. The Morgan fingerprint density at radius 3 is 2.05 bits per heavy atom. The number of benzene rings is 1. The molecule has 0 aromatic heterocycles. The maximum Gasteiger partial charge on any atom is 0.516 e. The predicted molar refractivity (Wildman–Crippen MR) is 73.6 cm³/mol. The minimum absolute atomic E-state index is 0.184. The van der Waals surface area contributed by atoms with Gasteiger partial charge in [-0.2, -0.15) is 21.6 Å². The number of alkyl halides is 3. The highest BCUT2D eigenvalue weighted by Gasteiger charge is 2.46. The van der Waals surface area contributed by atoms with Crippen molar-refractivity contribution in [1.29, 1.82) is 0 Å². The number of aryl methyl sites for hydroxylation is 1. The van der Waals surface area contributed by atoms with Crippen molar-refractivity contribution < 1.29 is 26.4 Å². The van der Waals surface area contributed by atoms with Gasteiger partial charge in [-0.15, -0.1) is 0 Å². The summed E-state index contributed by atoms with van der Waals surface area (Å²) in [5.74, 6) is -0.184. The van der Waals surface area contributed by atoms with E-state index in [2.05, 4.69) is 0 Å². The molecule has 1 aromatic carbocycles. The third-order valence-corrected chi connectivity index (χ3v) is 3.82. The number of halogens is 3. The molecule has 0 saturated heterocycles. The van der Waals surface area contributed by atoms with Crippen molar-refractivity contribution in [3.63, 3.8) is 0 Å². The van der Waals surface area contributed by atoms with E-state index in [1.54, 1.807) is 20.8 Å². The molecule has 8 heteroatoms. The maximum absolute atomic E-state index is 12.3. The first-order chi connectivity index (χ1) is 9.25. The Hall–Kier alpha value is -1.57. The normalized spacial score (nSPS) is 13.1. The van der Waals surface area contributed by atoms with Crippen LogP contribution in [0.4, 0.5) is 18.9 Å². The average Bonchev–Trinajstić information content (AvgIpc) is 2.28. The zero-order chi connectivity index (χ0) is 16.6. The summed E-state index contributed by atoms with van der Waals surface area (Å²) in [6, 6.07) is 3.81. The van der Waals surface area contributed by atoms with E-state index in [0.717, 1.165) is 6.07 Å². The van der Waals surface area contributed by atoms with Crippen molar-refractivity contribution in [2.75, 3.05) is 4.72 Å². The van der Waals surface area contributed by atoms with E-state index in [1.807, 2.05) is 0 Å². The van der Waals surface area contributed by atoms with Crippen LogP contribution in [0.15, 0.2) is 18.2 Å². The lowest BCUT2D eigenvalue weighted by atomic mass is 9.86. The van der Waals surface area contributed by atoms with Crippen LogP contribution in [0.25, 0.3) is 0 Å². The van der Waals surface area contributed by atoms with Gasteiger partial charge >= 0.3 is 15.5 Å². The van der Waals surface area contributed by atoms with Gasteiger partial charge in [-0.25, -0.2) is 0 Å². The molecule has 0 unspecified atom stereocenters. The van der Waals surface area contributed by atoms with E-state index in [0.29, 0.717) is 5.56 Å². The second kappa shape index (κ2) is 5.32. The zero-order valence-corrected chi connectivity index (χ0v) is 12.8. The molecular formula is C13H16F3NO3S. The van der Waals surface area contributed by atoms with Crippen LogP contribution in [0.3, 0.4) is 0 Å². The summed E-state index contributed by atoms with van der Waals surface area (Å²) in [4.78, 5) is 12.1. The summed E-state index contributed by atoms with van der Waals surface area (Å²) in [7, 11) is -5.47. The summed E-state index contributed by atoms with van der Waals surface area (Å²) in [5, 5.41) is 0. The minimum atomic E-state index is -5.47. The molecule has 0 atom stereocenters. The van der Waals surface area contributed by atoms with E-state index >= 15 is 0 Å². The van der Waals surface area contributed by atoms with Crippen LogP contribution in [0.1, 0.15) is 36.7 Å². The number of nitrogens with one attached hydrogen (secondary N) is 1. The van der Waals surface area contributed by atoms with Gasteiger partial charge < -0.3 is 0 Å². The van der Waals surface area contributed by atoms with Gasteiger partial charge in [-0.1, -0.05) is 20.8 Å². The molecule has 0 radical (unpaired) electrons. The van der Waals surface area contributed by atoms with Crippen molar-refractivity contribution >= 4 is 21.5 Å². The Bertz CT molecular complexity index is 658. The molecule has 0 fully saturated rings. The molecular weight excluding hydrogens is 307 g/mol. The largest absolute Gasteiger partial charge is 0.516 e. The van der Waals surface area contributed by atoms with Gasteiger partial charge in [0, 0.05) is 11.0 Å². The number of ketones is 1. The van der Waals surface area contributed by atoms with Crippen LogP contribution in [-0.2, 0) is 10.0 Å². The van der Waals surface area contributed by atoms with E-state index in [9.17, 15) is 26.4 Å². The van der Waals surface area contributed by atoms with Crippen molar-refractivity contribution in [1.82, 2.24) is 0 Å². The fourth-order valence-corrected chi connectivity index (χ4v) is 2.19. The summed E-state index contributed by atoms with van der Waals surface area (Å²) in [6.45, 7) is 6.56. The highest BCUT2D eigenvalue weighted by molar-refractivity contribution is 7.93. The van der Waals surface area contributed by atoms with Crippen LogP contribution in [0.5, 0.6) is 0 Å². The molecule has 0 spiro atoms. The highest BCUT2D eigenvalue weighted by Crippen LogP contribution is 2.28. The average molecular weight is 323 g/mol. The van der Waals surface area contributed by atoms with E-state index in [-0.39, 0.29) is 17.0 Å². The Morgan fingerprint density at radius 1 is 1.14 bits per heavy atom. The molecule has 1 rings (SSSR count). The molecule has 4 nitrogen and oxygen atoms in total. The van der Waals surface area contributed by atoms with E-state index < -0.39 is 20.9 Å². The Morgan fingerprint density at radius 2 is 1.67 bits per heavy atom. The Balaban J connectivity index is 3.14. The number of carbonyl (C=O) groups excluding carboxylic acids is 1. The topological polar surface area (TPSA) is 63.2 Å². The van der Waals surface area contributed by atoms with E-state index in [1.165, 1.54) is 23.8 Å². The highest BCUT2D eigenvalue weighted by atomic mass is 32.2. The number of rotatable bonds is 3. The van der Waals surface area contributed by atoms with Crippen molar-refractivity contribution in [3.05, 3.63) is 29.3 Å². The summed E-state index contributed by atoms with van der Waals surface area (Å²) >= 11 is 0. The molecule has 0 heterocycles. The van der Waals surface area contributed by atoms with Crippen molar-refractivity contribution in [3.8, 4) is 0 Å². The molecule has 21 heavy (non-hydrogen) atoms. The van der Waals surface area contributed by atoms with Gasteiger partial charge in [0.2, 0.25) is 0 Å². The van der Waals surface area contributed by atoms with Crippen LogP contribution >= 0.6 is 0 Å². The Labute approximate surface area is 121 Å². The first-order valence-corrected chi connectivity index (χ1v) is 7.48. The standard InChI is InChI=1S/C13H16F3NO3S/c1-8-7-9(11(18)12(2,3)4)5-6-10(8)17-21(19,20)13(14,15)16/h5-7,17H,1-4H3. The molecule has 118 valence electrons. The zero-order valence-electron chi connectivity index (χ0n) is 12.0. The van der Waals surface area contributed by atoms with Crippen LogP contribution in [-0.4, -0.2) is 19.7 Å². The first-order valence-electron chi connectivity index (χ1n) is 6.00. The number of Topliss-reactive ketones (excluding diaryl/α,β-unsaturated/α-hetero) is 1. The maximum atomic E-state index is 12.3. The van der Waals surface area contributed by atoms with Crippen LogP contribution in [0.2, 0.25) is 0 Å². The van der Waals surface area contributed by atoms with Crippen LogP contribution in [0, 0.1) is 12.3 Å². The molecule has 0 amide bonds. The number of hydrogen-bond acceptors (Lipinski definition) is 3. The quantitative estimate of drug-likeness (QED) is 0.866. The number of hydrogen-bond donors (Lipinski definition) is 1. The Kier molecular flexibility index (Phi) is 4.43. The molecule has 1 N–H and O–H groups in total. The molecule has 1 aromatic rings. The van der Waals surface area contributed by atoms with Gasteiger partial charge in [-0.05, 0) is 30.7 Å². The molecule has 0 bridgehead atoms. The van der Waals surface area contributed by atoms with Crippen molar-refractivity contribution in [2.45, 2.75) is 33.2 Å². The fourth-order valence-electron chi connectivity index (χ4n) is 1.56. The predicted octanol–water partition coefficient (Wildman–Crippen LogP) is 3.49. The van der Waals surface area contributed by atoms with Crippen LogP contribution < -0.4 is 4.72 Å². The summed E-state index contributed by atoms with van der Waals surface area (Å²) in [6.07, 6.45) is 0. The first kappa shape index (κ1) is 17.5. The molecule has 0 aliphatic rings. The summed E-state index contributed by atoms with van der Waals surface area (Å²) < 4.78 is 60.5. The lowest BCUT2D eigenvalue weighted by Gasteiger charge is -2.18.